The van der Waals surface area contributed by atoms with Gasteiger partial charge in [-0.15, -0.1) is 0 Å². The molecule has 0 aliphatic heterocycles. The Bertz CT molecular complexity index is 455. The van der Waals surface area contributed by atoms with E-state index in [0.29, 0.717) is 18.6 Å². The van der Waals surface area contributed by atoms with E-state index in [4.69, 9.17) is 14.4 Å². The van der Waals surface area contributed by atoms with Crippen LogP contribution in [0.4, 0.5) is 0 Å². The molecule has 0 aromatic carbocycles. The SMILES string of the molecule is CCC(CC)(CCCCO)CCCCOCCCCC(CC)(CC)CCOP(C)(=O)O. The largest absolute Gasteiger partial charge is 0.396 e. The molecule has 31 heavy (non-hydrogen) atoms. The number of aliphatic hydroxyl groups is 1. The van der Waals surface area contributed by atoms with Crippen molar-refractivity contribution in [1.82, 2.24) is 0 Å². The van der Waals surface area contributed by atoms with Crippen LogP contribution in [0.1, 0.15) is 118 Å². The molecule has 0 saturated carbocycles. The van der Waals surface area contributed by atoms with Crippen molar-refractivity contribution in [1.29, 1.82) is 0 Å². The molecule has 0 amide bonds. The van der Waals surface area contributed by atoms with Gasteiger partial charge in [0.25, 0.3) is 0 Å². The molecule has 0 aromatic rings. The number of ether oxygens (including phenoxy) is 1. The highest BCUT2D eigenvalue weighted by molar-refractivity contribution is 7.51. The molecular formula is C25H53O5P. The van der Waals surface area contributed by atoms with E-state index < -0.39 is 7.60 Å². The summed E-state index contributed by atoms with van der Waals surface area (Å²) in [7, 11) is -3.38. The second-order valence-electron chi connectivity index (χ2n) is 9.51. The third kappa shape index (κ3) is 14.8. The number of hydrogen-bond donors (Lipinski definition) is 2. The zero-order chi connectivity index (χ0) is 23.6. The van der Waals surface area contributed by atoms with E-state index in [-0.39, 0.29) is 5.41 Å². The van der Waals surface area contributed by atoms with E-state index in [1.54, 1.807) is 0 Å². The zero-order valence-electron chi connectivity index (χ0n) is 21.3. The smallest absolute Gasteiger partial charge is 0.325 e. The van der Waals surface area contributed by atoms with Crippen LogP contribution in [0.3, 0.4) is 0 Å². The highest BCUT2D eigenvalue weighted by Crippen LogP contribution is 2.41. The molecule has 0 heterocycles. The van der Waals surface area contributed by atoms with Gasteiger partial charge in [0.2, 0.25) is 0 Å². The second kappa shape index (κ2) is 17.5. The van der Waals surface area contributed by atoms with Crippen LogP contribution in [0.25, 0.3) is 0 Å². The third-order valence-corrected chi connectivity index (χ3v) is 8.23. The molecule has 1 unspecified atom stereocenters. The summed E-state index contributed by atoms with van der Waals surface area (Å²) in [6.07, 6.45) is 15.7. The minimum atomic E-state index is -3.38. The van der Waals surface area contributed by atoms with Crippen molar-refractivity contribution in [3.63, 3.8) is 0 Å². The summed E-state index contributed by atoms with van der Waals surface area (Å²) in [6, 6.07) is 0. The first-order chi connectivity index (χ1) is 14.7. The first-order valence-electron chi connectivity index (χ1n) is 12.9. The van der Waals surface area contributed by atoms with E-state index in [1.807, 2.05) is 0 Å². The normalized spacial score (nSPS) is 14.7. The topological polar surface area (TPSA) is 76.0 Å². The van der Waals surface area contributed by atoms with Gasteiger partial charge < -0.3 is 19.3 Å². The summed E-state index contributed by atoms with van der Waals surface area (Å²) in [5.41, 5.74) is 0.652. The molecule has 0 rings (SSSR count). The Morgan fingerprint density at radius 2 is 1.10 bits per heavy atom. The van der Waals surface area contributed by atoms with Crippen molar-refractivity contribution < 1.29 is 23.8 Å². The Hall–Kier alpha value is 0.0700. The number of aliphatic hydroxyl groups excluding tert-OH is 1. The predicted octanol–water partition coefficient (Wildman–Crippen LogP) is 7.34. The minimum absolute atomic E-state index is 0.203. The van der Waals surface area contributed by atoms with Gasteiger partial charge in [0.1, 0.15) is 0 Å². The van der Waals surface area contributed by atoms with Crippen molar-refractivity contribution in [2.24, 2.45) is 10.8 Å². The lowest BCUT2D eigenvalue weighted by Crippen LogP contribution is -2.21. The minimum Gasteiger partial charge on any atom is -0.396 e. The summed E-state index contributed by atoms with van der Waals surface area (Å²) >= 11 is 0. The quantitative estimate of drug-likeness (QED) is 0.129. The summed E-state index contributed by atoms with van der Waals surface area (Å²) < 4.78 is 22.3. The fourth-order valence-electron chi connectivity index (χ4n) is 4.72. The van der Waals surface area contributed by atoms with Crippen LogP contribution in [0, 0.1) is 10.8 Å². The lowest BCUT2D eigenvalue weighted by molar-refractivity contribution is 0.110. The molecule has 0 radical (unpaired) electrons. The van der Waals surface area contributed by atoms with Crippen LogP contribution in [0.5, 0.6) is 0 Å². The third-order valence-electron chi connectivity index (χ3n) is 7.57. The zero-order valence-corrected chi connectivity index (χ0v) is 22.2. The highest BCUT2D eigenvalue weighted by Gasteiger charge is 2.26. The number of rotatable bonds is 22. The molecule has 5 nitrogen and oxygen atoms in total. The molecule has 0 saturated heterocycles. The molecule has 1 atom stereocenters. The second-order valence-corrected chi connectivity index (χ2v) is 11.4. The fourth-order valence-corrected chi connectivity index (χ4v) is 5.15. The average Bonchev–Trinajstić information content (AvgIpc) is 2.75. The van der Waals surface area contributed by atoms with Crippen molar-refractivity contribution in [3.05, 3.63) is 0 Å². The molecule has 0 aromatic heterocycles. The van der Waals surface area contributed by atoms with E-state index in [9.17, 15) is 9.46 Å². The van der Waals surface area contributed by atoms with Gasteiger partial charge in [-0.2, -0.15) is 0 Å². The molecule has 0 fully saturated rings. The number of unbranched alkanes of at least 4 members (excludes halogenated alkanes) is 3. The van der Waals surface area contributed by atoms with E-state index in [0.717, 1.165) is 71.0 Å². The lowest BCUT2D eigenvalue weighted by atomic mass is 9.74. The van der Waals surface area contributed by atoms with Crippen molar-refractivity contribution in [3.8, 4) is 0 Å². The molecule has 2 N–H and O–H groups in total. The van der Waals surface area contributed by atoms with Crippen LogP contribution >= 0.6 is 7.60 Å². The standard InChI is InChI=1S/C25H53O5P/c1-6-24(7-2,16-10-13-20-26)17-11-14-21-29-22-15-12-18-25(8-3,9-4)19-23-30-31(5,27)28/h26H,6-23H2,1-5H3,(H,27,28). The molecule has 0 aliphatic carbocycles. The maximum absolute atomic E-state index is 11.3. The van der Waals surface area contributed by atoms with Gasteiger partial charge >= 0.3 is 7.60 Å². The summed E-state index contributed by atoms with van der Waals surface area (Å²) in [4.78, 5) is 9.32. The Morgan fingerprint density at radius 1 is 0.677 bits per heavy atom. The fraction of sp³-hybridized carbons (Fsp3) is 1.00. The van der Waals surface area contributed by atoms with Crippen LogP contribution in [-0.2, 0) is 13.8 Å². The van der Waals surface area contributed by atoms with Gasteiger partial charge in [-0.05, 0) is 55.8 Å². The Balaban J connectivity index is 4.00. The van der Waals surface area contributed by atoms with Crippen molar-refractivity contribution >= 4 is 7.60 Å². The van der Waals surface area contributed by atoms with Crippen LogP contribution < -0.4 is 0 Å². The van der Waals surface area contributed by atoms with Gasteiger partial charge in [0.05, 0.1) is 6.61 Å². The molecule has 188 valence electrons. The van der Waals surface area contributed by atoms with Crippen LogP contribution in [0.15, 0.2) is 0 Å². The summed E-state index contributed by atoms with van der Waals surface area (Å²) in [6.45, 7) is 12.6. The molecular weight excluding hydrogens is 411 g/mol. The van der Waals surface area contributed by atoms with Crippen LogP contribution in [0.2, 0.25) is 0 Å². The van der Waals surface area contributed by atoms with Crippen molar-refractivity contribution in [2.75, 3.05) is 33.1 Å². The van der Waals surface area contributed by atoms with Gasteiger partial charge in [-0.25, -0.2) is 0 Å². The first-order valence-corrected chi connectivity index (χ1v) is 14.9. The Labute approximate surface area is 193 Å². The molecule has 6 heteroatoms. The Kier molecular flexibility index (Phi) is 17.6. The maximum atomic E-state index is 11.3. The predicted molar refractivity (Wildman–Crippen MR) is 132 cm³/mol. The summed E-state index contributed by atoms with van der Waals surface area (Å²) in [5, 5.41) is 9.04. The lowest BCUT2D eigenvalue weighted by Gasteiger charge is -2.32. The molecule has 0 spiro atoms. The van der Waals surface area contributed by atoms with Crippen molar-refractivity contribution in [2.45, 2.75) is 118 Å². The van der Waals surface area contributed by atoms with Gasteiger partial charge in [0.15, 0.2) is 0 Å². The Morgan fingerprint density at radius 3 is 1.48 bits per heavy atom. The van der Waals surface area contributed by atoms with Gasteiger partial charge in [0, 0.05) is 26.5 Å². The maximum Gasteiger partial charge on any atom is 0.325 e. The monoisotopic (exact) mass is 464 g/mol. The molecule has 0 aliphatic rings. The average molecular weight is 465 g/mol. The van der Waals surface area contributed by atoms with Gasteiger partial charge in [-0.1, -0.05) is 72.6 Å². The first kappa shape index (κ1) is 31.1. The summed E-state index contributed by atoms with van der Waals surface area (Å²) in [5.74, 6) is 0. The van der Waals surface area contributed by atoms with Gasteiger partial charge in [-0.3, -0.25) is 4.57 Å². The highest BCUT2D eigenvalue weighted by atomic mass is 31.2. The van der Waals surface area contributed by atoms with E-state index in [1.165, 1.54) is 38.8 Å². The van der Waals surface area contributed by atoms with Crippen LogP contribution in [-0.4, -0.2) is 43.1 Å². The van der Waals surface area contributed by atoms with E-state index >= 15 is 0 Å². The number of hydrogen-bond acceptors (Lipinski definition) is 4. The molecule has 0 bridgehead atoms. The van der Waals surface area contributed by atoms with E-state index in [2.05, 4.69) is 27.7 Å².